The molecule has 5 rings (SSSR count). The fraction of sp³-hybridized carbons (Fsp3) is 0.895. The van der Waals surface area contributed by atoms with Crippen LogP contribution in [0, 0.1) is 35.5 Å². The van der Waals surface area contributed by atoms with E-state index in [0.29, 0.717) is 36.8 Å². The van der Waals surface area contributed by atoms with Gasteiger partial charge >= 0.3 is 0 Å². The molecule has 4 nitrogen and oxygen atoms in total. The van der Waals surface area contributed by atoms with Gasteiger partial charge in [-0.2, -0.15) is 0 Å². The summed E-state index contributed by atoms with van der Waals surface area (Å²) in [7, 11) is 0. The first kappa shape index (κ1) is 15.5. The standard InChI is InChI=1S/C19H30N2O2/c1-11(2)9-21-10-16(8-17(21)22)19(23)20-18-14-4-12-3-13(6-14)7-15(18)5-12/h11-16,18H,3-10H2,1-2H3,(H,20,23). The molecule has 4 saturated carbocycles. The highest BCUT2D eigenvalue weighted by Gasteiger charge is 2.49. The zero-order chi connectivity index (χ0) is 16.1. The summed E-state index contributed by atoms with van der Waals surface area (Å²) in [6.07, 6.45) is 7.13. The number of amides is 2. The van der Waals surface area contributed by atoms with Crippen molar-refractivity contribution in [2.75, 3.05) is 13.1 Å². The fourth-order valence-corrected chi connectivity index (χ4v) is 6.01. The van der Waals surface area contributed by atoms with E-state index in [0.717, 1.165) is 18.4 Å². The Kier molecular flexibility index (Phi) is 3.89. The summed E-state index contributed by atoms with van der Waals surface area (Å²) >= 11 is 0. The number of carbonyl (C=O) groups excluding carboxylic acids is 2. The third kappa shape index (κ3) is 2.89. The Bertz CT molecular complexity index is 474. The van der Waals surface area contributed by atoms with Crippen LogP contribution in [-0.4, -0.2) is 35.8 Å². The third-order valence-corrected chi connectivity index (χ3v) is 6.71. The zero-order valence-electron chi connectivity index (χ0n) is 14.5. The number of nitrogens with zero attached hydrogens (tertiary/aromatic N) is 1. The van der Waals surface area contributed by atoms with E-state index in [-0.39, 0.29) is 17.7 Å². The number of carbonyl (C=O) groups is 2. The Hall–Kier alpha value is -1.06. The summed E-state index contributed by atoms with van der Waals surface area (Å²) in [4.78, 5) is 26.7. The lowest BCUT2D eigenvalue weighted by atomic mass is 9.54. The van der Waals surface area contributed by atoms with Gasteiger partial charge in [0.25, 0.3) is 0 Å². The lowest BCUT2D eigenvalue weighted by Gasteiger charge is -2.54. The molecule has 5 aliphatic rings. The molecule has 128 valence electrons. The van der Waals surface area contributed by atoms with Crippen molar-refractivity contribution >= 4 is 11.8 Å². The van der Waals surface area contributed by atoms with Gasteiger partial charge in [-0.25, -0.2) is 0 Å². The molecule has 0 aromatic heterocycles. The van der Waals surface area contributed by atoms with E-state index < -0.39 is 0 Å². The Morgan fingerprint density at radius 2 is 1.74 bits per heavy atom. The normalized spacial score (nSPS) is 41.9. The molecule has 23 heavy (non-hydrogen) atoms. The van der Waals surface area contributed by atoms with Crippen LogP contribution in [-0.2, 0) is 9.59 Å². The van der Waals surface area contributed by atoms with Gasteiger partial charge in [0.05, 0.1) is 5.92 Å². The highest BCUT2D eigenvalue weighted by atomic mass is 16.2. The number of rotatable bonds is 4. The van der Waals surface area contributed by atoms with Crippen LogP contribution in [0.2, 0.25) is 0 Å². The van der Waals surface area contributed by atoms with E-state index >= 15 is 0 Å². The minimum Gasteiger partial charge on any atom is -0.353 e. The predicted octanol–water partition coefficient (Wildman–Crippen LogP) is 2.43. The monoisotopic (exact) mass is 318 g/mol. The summed E-state index contributed by atoms with van der Waals surface area (Å²) in [6, 6.07) is 0.393. The zero-order valence-corrected chi connectivity index (χ0v) is 14.5. The van der Waals surface area contributed by atoms with Crippen LogP contribution in [0.4, 0.5) is 0 Å². The van der Waals surface area contributed by atoms with Crippen molar-refractivity contribution in [3.8, 4) is 0 Å². The van der Waals surface area contributed by atoms with Gasteiger partial charge in [-0.3, -0.25) is 9.59 Å². The molecule has 5 fully saturated rings. The van der Waals surface area contributed by atoms with Crippen LogP contribution in [0.3, 0.4) is 0 Å². The lowest BCUT2D eigenvalue weighted by Crippen LogP contribution is -2.56. The fourth-order valence-electron chi connectivity index (χ4n) is 6.01. The molecule has 1 saturated heterocycles. The molecule has 0 aromatic rings. The first-order chi connectivity index (χ1) is 11.0. The second-order valence-electron chi connectivity index (χ2n) is 9.06. The van der Waals surface area contributed by atoms with Gasteiger partial charge in [0.1, 0.15) is 0 Å². The molecule has 1 unspecified atom stereocenters. The van der Waals surface area contributed by atoms with E-state index in [1.165, 1.54) is 32.1 Å². The molecule has 1 heterocycles. The molecule has 1 N–H and O–H groups in total. The smallest absolute Gasteiger partial charge is 0.225 e. The lowest BCUT2D eigenvalue weighted by molar-refractivity contribution is -0.130. The maximum absolute atomic E-state index is 12.7. The van der Waals surface area contributed by atoms with Crippen LogP contribution in [0.25, 0.3) is 0 Å². The molecule has 0 radical (unpaired) electrons. The van der Waals surface area contributed by atoms with Crippen molar-refractivity contribution in [3.05, 3.63) is 0 Å². The number of nitrogens with one attached hydrogen (secondary N) is 1. The largest absolute Gasteiger partial charge is 0.353 e. The summed E-state index contributed by atoms with van der Waals surface area (Å²) in [5.74, 6) is 3.91. The molecule has 4 aliphatic carbocycles. The van der Waals surface area contributed by atoms with Crippen molar-refractivity contribution in [3.63, 3.8) is 0 Å². The number of hydrogen-bond acceptors (Lipinski definition) is 2. The van der Waals surface area contributed by atoms with E-state index in [2.05, 4.69) is 19.2 Å². The highest BCUT2D eigenvalue weighted by molar-refractivity contribution is 5.89. The van der Waals surface area contributed by atoms with Gasteiger partial charge < -0.3 is 10.2 Å². The maximum Gasteiger partial charge on any atom is 0.225 e. The molecular weight excluding hydrogens is 288 g/mol. The number of hydrogen-bond donors (Lipinski definition) is 1. The number of likely N-dealkylation sites (tertiary alicyclic amines) is 1. The van der Waals surface area contributed by atoms with E-state index in [4.69, 9.17) is 0 Å². The predicted molar refractivity (Wildman–Crippen MR) is 88.5 cm³/mol. The van der Waals surface area contributed by atoms with Gasteiger partial charge in [-0.15, -0.1) is 0 Å². The average molecular weight is 318 g/mol. The van der Waals surface area contributed by atoms with Gasteiger partial charge in [-0.1, -0.05) is 13.8 Å². The first-order valence-corrected chi connectivity index (χ1v) is 9.57. The molecule has 1 aliphatic heterocycles. The van der Waals surface area contributed by atoms with Crippen LogP contribution in [0.1, 0.15) is 52.4 Å². The van der Waals surface area contributed by atoms with E-state index in [9.17, 15) is 9.59 Å². The Morgan fingerprint density at radius 3 is 2.30 bits per heavy atom. The van der Waals surface area contributed by atoms with E-state index in [1.54, 1.807) is 0 Å². The Balaban J connectivity index is 1.36. The SMILES string of the molecule is CC(C)CN1CC(C(=O)NC2C3CC4CC(C3)CC2C4)CC1=O. The topological polar surface area (TPSA) is 49.4 Å². The molecular formula is C19H30N2O2. The van der Waals surface area contributed by atoms with Crippen LogP contribution >= 0.6 is 0 Å². The minimum atomic E-state index is -0.126. The van der Waals surface area contributed by atoms with E-state index in [1.807, 2.05) is 4.90 Å². The molecule has 0 aromatic carbocycles. The first-order valence-electron chi connectivity index (χ1n) is 9.57. The maximum atomic E-state index is 12.7. The molecule has 2 amide bonds. The second kappa shape index (κ2) is 5.78. The molecule has 0 spiro atoms. The summed E-state index contributed by atoms with van der Waals surface area (Å²) in [5, 5.41) is 3.38. The van der Waals surface area contributed by atoms with Gasteiger partial charge in [-0.05, 0) is 61.7 Å². The van der Waals surface area contributed by atoms with Crippen LogP contribution < -0.4 is 5.32 Å². The summed E-state index contributed by atoms with van der Waals surface area (Å²) < 4.78 is 0. The Labute approximate surface area is 139 Å². The van der Waals surface area contributed by atoms with Crippen molar-refractivity contribution in [2.24, 2.45) is 35.5 Å². The van der Waals surface area contributed by atoms with Crippen molar-refractivity contribution < 1.29 is 9.59 Å². The quantitative estimate of drug-likeness (QED) is 0.865. The van der Waals surface area contributed by atoms with Crippen LogP contribution in [0.5, 0.6) is 0 Å². The van der Waals surface area contributed by atoms with Gasteiger partial charge in [0.2, 0.25) is 11.8 Å². The summed E-state index contributed by atoms with van der Waals surface area (Å²) in [6.45, 7) is 5.64. The van der Waals surface area contributed by atoms with Gasteiger partial charge in [0.15, 0.2) is 0 Å². The second-order valence-corrected chi connectivity index (χ2v) is 9.06. The van der Waals surface area contributed by atoms with Crippen molar-refractivity contribution in [1.29, 1.82) is 0 Å². The molecule has 4 bridgehead atoms. The minimum absolute atomic E-state index is 0.126. The van der Waals surface area contributed by atoms with Crippen molar-refractivity contribution in [1.82, 2.24) is 10.2 Å². The van der Waals surface area contributed by atoms with Gasteiger partial charge in [0, 0.05) is 25.6 Å². The highest BCUT2D eigenvalue weighted by Crippen LogP contribution is 2.53. The van der Waals surface area contributed by atoms with Crippen molar-refractivity contribution in [2.45, 2.75) is 58.4 Å². The average Bonchev–Trinajstić information content (AvgIpc) is 2.82. The Morgan fingerprint density at radius 1 is 1.13 bits per heavy atom. The van der Waals surface area contributed by atoms with Crippen LogP contribution in [0.15, 0.2) is 0 Å². The summed E-state index contributed by atoms with van der Waals surface area (Å²) in [5.41, 5.74) is 0. The molecule has 4 heteroatoms. The molecule has 1 atom stereocenters. The third-order valence-electron chi connectivity index (χ3n) is 6.71.